The van der Waals surface area contributed by atoms with E-state index in [1.807, 2.05) is 31.2 Å². The summed E-state index contributed by atoms with van der Waals surface area (Å²) < 4.78 is 5.83. The molecule has 1 aliphatic rings. The third-order valence-corrected chi connectivity index (χ3v) is 3.86. The Kier molecular flexibility index (Phi) is 4.97. The van der Waals surface area contributed by atoms with Crippen molar-refractivity contribution in [3.63, 3.8) is 0 Å². The van der Waals surface area contributed by atoms with Gasteiger partial charge in [0.05, 0.1) is 0 Å². The van der Waals surface area contributed by atoms with Gasteiger partial charge in [-0.25, -0.2) is 0 Å². The minimum absolute atomic E-state index is 0.179. The smallest absolute Gasteiger partial charge is 0.162 e. The maximum Gasteiger partial charge on any atom is 0.162 e. The molecule has 2 rings (SSSR count). The Bertz CT molecular complexity index is 413. The predicted molar refractivity (Wildman–Crippen MR) is 76.8 cm³/mol. The van der Waals surface area contributed by atoms with E-state index >= 15 is 0 Å². The lowest BCUT2D eigenvalue weighted by Crippen LogP contribution is -2.40. The van der Waals surface area contributed by atoms with Gasteiger partial charge in [0.25, 0.3) is 0 Å². The van der Waals surface area contributed by atoms with Crippen LogP contribution < -0.4 is 4.74 Å². The molecule has 3 heteroatoms. The molecule has 1 unspecified atom stereocenters. The zero-order valence-corrected chi connectivity index (χ0v) is 11.9. The molecule has 1 saturated heterocycles. The molecule has 1 atom stereocenters. The number of benzene rings is 1. The number of hydrogen-bond acceptors (Lipinski definition) is 3. The molecule has 0 amide bonds. The molecule has 19 heavy (non-hydrogen) atoms. The molecule has 1 aromatic carbocycles. The van der Waals surface area contributed by atoms with Crippen LogP contribution in [0.3, 0.4) is 0 Å². The molecule has 104 valence electrons. The van der Waals surface area contributed by atoms with Crippen LogP contribution in [0.1, 0.15) is 43.0 Å². The van der Waals surface area contributed by atoms with E-state index in [2.05, 4.69) is 11.9 Å². The highest BCUT2D eigenvalue weighted by atomic mass is 16.5. The first kappa shape index (κ1) is 14.1. The van der Waals surface area contributed by atoms with Crippen LogP contribution in [-0.4, -0.2) is 36.9 Å². The molecule has 3 nitrogen and oxygen atoms in total. The summed E-state index contributed by atoms with van der Waals surface area (Å²) in [6, 6.07) is 8.01. The van der Waals surface area contributed by atoms with Gasteiger partial charge < -0.3 is 9.64 Å². The summed E-state index contributed by atoms with van der Waals surface area (Å²) in [6.45, 7) is 3.78. The van der Waals surface area contributed by atoms with Crippen molar-refractivity contribution in [3.05, 3.63) is 29.8 Å². The van der Waals surface area contributed by atoms with E-state index in [4.69, 9.17) is 4.74 Å². The standard InChI is InChI=1S/C16H23NO2/c1-3-16(18)13-7-9-15(10-8-13)19-12-14-6-4-5-11-17(14)2/h7-10,14H,3-6,11-12H2,1-2H3. The SMILES string of the molecule is CCC(=O)c1ccc(OCC2CCCCN2C)cc1. The number of piperidine rings is 1. The lowest BCUT2D eigenvalue weighted by Gasteiger charge is -2.32. The molecule has 0 saturated carbocycles. The van der Waals surface area contributed by atoms with Crippen molar-refractivity contribution in [2.75, 3.05) is 20.2 Å². The Morgan fingerprint density at radius 2 is 2.05 bits per heavy atom. The van der Waals surface area contributed by atoms with Crippen LogP contribution in [-0.2, 0) is 0 Å². The molecule has 0 N–H and O–H groups in total. The summed E-state index contributed by atoms with van der Waals surface area (Å²) in [7, 11) is 2.16. The molecule has 0 bridgehead atoms. The number of hydrogen-bond donors (Lipinski definition) is 0. The molecule has 1 heterocycles. The van der Waals surface area contributed by atoms with Gasteiger partial charge in [-0.1, -0.05) is 13.3 Å². The second-order valence-electron chi connectivity index (χ2n) is 5.24. The largest absolute Gasteiger partial charge is 0.492 e. The molecule has 0 aliphatic carbocycles. The maximum atomic E-state index is 11.5. The molecular weight excluding hydrogens is 238 g/mol. The molecule has 0 radical (unpaired) electrons. The third kappa shape index (κ3) is 3.80. The number of nitrogens with zero attached hydrogens (tertiary/aromatic N) is 1. The second kappa shape index (κ2) is 6.71. The number of carbonyl (C=O) groups is 1. The van der Waals surface area contributed by atoms with Crippen molar-refractivity contribution in [2.45, 2.75) is 38.6 Å². The van der Waals surface area contributed by atoms with Gasteiger partial charge in [-0.15, -0.1) is 0 Å². The van der Waals surface area contributed by atoms with Gasteiger partial charge in [0.1, 0.15) is 12.4 Å². The van der Waals surface area contributed by atoms with E-state index in [0.29, 0.717) is 12.5 Å². The van der Waals surface area contributed by atoms with Gasteiger partial charge in [0.15, 0.2) is 5.78 Å². The Hall–Kier alpha value is -1.35. The number of likely N-dealkylation sites (N-methyl/N-ethyl adjacent to an activating group) is 1. The maximum absolute atomic E-state index is 11.5. The van der Waals surface area contributed by atoms with E-state index in [0.717, 1.165) is 24.5 Å². The van der Waals surface area contributed by atoms with E-state index in [9.17, 15) is 4.79 Å². The lowest BCUT2D eigenvalue weighted by atomic mass is 10.0. The summed E-state index contributed by atoms with van der Waals surface area (Å²) in [5.74, 6) is 1.03. The van der Waals surface area contributed by atoms with Crippen LogP contribution >= 0.6 is 0 Å². The van der Waals surface area contributed by atoms with Gasteiger partial charge in [-0.3, -0.25) is 4.79 Å². The predicted octanol–water partition coefficient (Wildman–Crippen LogP) is 3.14. The Balaban J connectivity index is 1.87. The van der Waals surface area contributed by atoms with E-state index < -0.39 is 0 Å². The minimum Gasteiger partial charge on any atom is -0.492 e. The fraction of sp³-hybridized carbons (Fsp3) is 0.562. The highest BCUT2D eigenvalue weighted by Gasteiger charge is 2.19. The van der Waals surface area contributed by atoms with Gasteiger partial charge in [0.2, 0.25) is 0 Å². The van der Waals surface area contributed by atoms with Gasteiger partial charge in [-0.05, 0) is 50.7 Å². The van der Waals surface area contributed by atoms with Crippen molar-refractivity contribution >= 4 is 5.78 Å². The van der Waals surface area contributed by atoms with E-state index in [1.54, 1.807) is 0 Å². The number of likely N-dealkylation sites (tertiary alicyclic amines) is 1. The first-order chi connectivity index (χ1) is 9.20. The van der Waals surface area contributed by atoms with Crippen LogP contribution in [0, 0.1) is 0 Å². The van der Waals surface area contributed by atoms with Crippen LogP contribution in [0.2, 0.25) is 0 Å². The number of ether oxygens (including phenoxy) is 1. The van der Waals surface area contributed by atoms with Crippen LogP contribution in [0.15, 0.2) is 24.3 Å². The summed E-state index contributed by atoms with van der Waals surface area (Å²) >= 11 is 0. The molecule has 1 aromatic rings. The van der Waals surface area contributed by atoms with Crippen LogP contribution in [0.4, 0.5) is 0 Å². The average molecular weight is 261 g/mol. The molecule has 0 aromatic heterocycles. The molecular formula is C16H23NO2. The lowest BCUT2D eigenvalue weighted by molar-refractivity contribution is 0.0988. The Labute approximate surface area is 115 Å². The number of Topliss-reactive ketones (excluding diaryl/α,β-unsaturated/α-hetero) is 1. The highest BCUT2D eigenvalue weighted by molar-refractivity contribution is 5.95. The quantitative estimate of drug-likeness (QED) is 0.763. The zero-order chi connectivity index (χ0) is 13.7. The van der Waals surface area contributed by atoms with Crippen molar-refractivity contribution in [1.29, 1.82) is 0 Å². The summed E-state index contributed by atoms with van der Waals surface area (Å²) in [4.78, 5) is 13.9. The zero-order valence-electron chi connectivity index (χ0n) is 11.9. The monoisotopic (exact) mass is 261 g/mol. The Morgan fingerprint density at radius 3 is 2.68 bits per heavy atom. The fourth-order valence-corrected chi connectivity index (χ4v) is 2.49. The van der Waals surface area contributed by atoms with Crippen molar-refractivity contribution < 1.29 is 9.53 Å². The second-order valence-corrected chi connectivity index (χ2v) is 5.24. The number of carbonyl (C=O) groups excluding carboxylic acids is 1. The van der Waals surface area contributed by atoms with Crippen LogP contribution in [0.5, 0.6) is 5.75 Å². The number of rotatable bonds is 5. The fourth-order valence-electron chi connectivity index (χ4n) is 2.49. The van der Waals surface area contributed by atoms with Crippen molar-refractivity contribution in [2.24, 2.45) is 0 Å². The first-order valence-corrected chi connectivity index (χ1v) is 7.17. The van der Waals surface area contributed by atoms with Crippen molar-refractivity contribution in [3.8, 4) is 5.75 Å². The van der Waals surface area contributed by atoms with Gasteiger partial charge >= 0.3 is 0 Å². The summed E-state index contributed by atoms with van der Waals surface area (Å²) in [5.41, 5.74) is 0.768. The topological polar surface area (TPSA) is 29.5 Å². The van der Waals surface area contributed by atoms with E-state index in [-0.39, 0.29) is 5.78 Å². The summed E-state index contributed by atoms with van der Waals surface area (Å²) in [5, 5.41) is 0. The van der Waals surface area contributed by atoms with Gasteiger partial charge in [0, 0.05) is 18.0 Å². The normalized spacial score (nSPS) is 20.2. The molecule has 0 spiro atoms. The van der Waals surface area contributed by atoms with Gasteiger partial charge in [-0.2, -0.15) is 0 Å². The third-order valence-electron chi connectivity index (χ3n) is 3.86. The molecule has 1 fully saturated rings. The van der Waals surface area contributed by atoms with Crippen molar-refractivity contribution in [1.82, 2.24) is 4.90 Å². The van der Waals surface area contributed by atoms with Crippen LogP contribution in [0.25, 0.3) is 0 Å². The summed E-state index contributed by atoms with van der Waals surface area (Å²) in [6.07, 6.45) is 4.35. The highest BCUT2D eigenvalue weighted by Crippen LogP contribution is 2.18. The average Bonchev–Trinajstić information content (AvgIpc) is 2.46. The minimum atomic E-state index is 0.179. The number of ketones is 1. The first-order valence-electron chi connectivity index (χ1n) is 7.17. The van der Waals surface area contributed by atoms with E-state index in [1.165, 1.54) is 19.3 Å². The Morgan fingerprint density at radius 1 is 1.32 bits per heavy atom. The molecule has 1 aliphatic heterocycles.